The predicted molar refractivity (Wildman–Crippen MR) is 103 cm³/mol. The Morgan fingerprint density at radius 3 is 2.81 bits per heavy atom. The number of hydrogen-bond donors (Lipinski definition) is 2. The number of aliphatic imine (C=N–C) groups is 1. The predicted octanol–water partition coefficient (Wildman–Crippen LogP) is 2.44. The van der Waals surface area contributed by atoms with Crippen LogP contribution in [0.1, 0.15) is 50.6 Å². The van der Waals surface area contributed by atoms with Crippen LogP contribution in [0.5, 0.6) is 0 Å². The molecule has 0 fully saturated rings. The third-order valence-corrected chi connectivity index (χ3v) is 4.18. The average molecular weight is 361 g/mol. The first-order chi connectivity index (χ1) is 12.2. The summed E-state index contributed by atoms with van der Waals surface area (Å²) in [5, 5.41) is 18.5. The molecule has 0 saturated carbocycles. The molecule has 1 unspecified atom stereocenters. The van der Waals surface area contributed by atoms with Crippen LogP contribution in [0, 0.1) is 0 Å². The molecule has 0 bridgehead atoms. The van der Waals surface area contributed by atoms with Crippen molar-refractivity contribution in [2.45, 2.75) is 45.8 Å². The quantitative estimate of drug-likeness (QED) is 0.585. The van der Waals surface area contributed by atoms with E-state index in [1.165, 1.54) is 5.56 Å². The largest absolute Gasteiger partial charge is 0.466 e. The maximum absolute atomic E-state index is 10.6. The van der Waals surface area contributed by atoms with Gasteiger partial charge in [-0.05, 0) is 31.9 Å². The molecule has 2 heterocycles. The van der Waals surface area contributed by atoms with Crippen molar-refractivity contribution < 1.29 is 9.52 Å². The summed E-state index contributed by atoms with van der Waals surface area (Å²) in [5.41, 5.74) is 1.12. The Hall–Kier alpha value is -2.28. The molecule has 2 aromatic rings. The van der Waals surface area contributed by atoms with Gasteiger partial charge in [-0.25, -0.2) is 4.99 Å². The smallest absolute Gasteiger partial charge is 0.194 e. The molecule has 0 aliphatic rings. The average Bonchev–Trinajstić information content (AvgIpc) is 3.21. The number of nitrogens with one attached hydrogen (secondary N) is 1. The van der Waals surface area contributed by atoms with Gasteiger partial charge in [0, 0.05) is 38.9 Å². The van der Waals surface area contributed by atoms with Crippen LogP contribution >= 0.6 is 0 Å². The number of rotatable bonds is 7. The molecule has 0 aliphatic heterocycles. The van der Waals surface area contributed by atoms with E-state index < -0.39 is 5.60 Å². The molecule has 0 amide bonds. The van der Waals surface area contributed by atoms with E-state index in [4.69, 9.17) is 4.42 Å². The molecule has 144 valence electrons. The van der Waals surface area contributed by atoms with Crippen LogP contribution in [0.4, 0.5) is 0 Å². The summed E-state index contributed by atoms with van der Waals surface area (Å²) in [5.74, 6) is 1.60. The Balaban J connectivity index is 2.15. The van der Waals surface area contributed by atoms with Gasteiger partial charge in [0.25, 0.3) is 0 Å². The van der Waals surface area contributed by atoms with Gasteiger partial charge in [0.1, 0.15) is 11.4 Å². The highest BCUT2D eigenvalue weighted by Crippen LogP contribution is 2.22. The highest BCUT2D eigenvalue weighted by atomic mass is 16.4. The first-order valence-corrected chi connectivity index (χ1v) is 9.02. The number of aromatic nitrogens is 2. The molecule has 2 N–H and O–H groups in total. The third-order valence-electron chi connectivity index (χ3n) is 4.18. The number of nitrogens with zero attached hydrogens (tertiary/aromatic N) is 4. The lowest BCUT2D eigenvalue weighted by molar-refractivity contribution is 0.0435. The minimum Gasteiger partial charge on any atom is -0.466 e. The van der Waals surface area contributed by atoms with Crippen LogP contribution in [0.15, 0.2) is 34.0 Å². The van der Waals surface area contributed by atoms with E-state index >= 15 is 0 Å². The fourth-order valence-corrected chi connectivity index (χ4v) is 2.85. The van der Waals surface area contributed by atoms with E-state index in [1.807, 2.05) is 30.6 Å². The molecule has 0 radical (unpaired) electrons. The molecule has 2 rings (SSSR count). The summed E-state index contributed by atoms with van der Waals surface area (Å²) in [7, 11) is 3.93. The standard InChI is InChI=1S/C19H31N5O2/c1-7-20-18(21-13-19(4,25)16-9-8-10-26-16)23(5)11-15-12-24(6)22-17(15)14(2)3/h8-10,12,14,25H,7,11,13H2,1-6H3,(H,20,21). The molecule has 7 heteroatoms. The van der Waals surface area contributed by atoms with Crippen LogP contribution in [-0.2, 0) is 19.2 Å². The monoisotopic (exact) mass is 361 g/mol. The molecular weight excluding hydrogens is 330 g/mol. The van der Waals surface area contributed by atoms with Crippen LogP contribution in [-0.4, -0.2) is 45.9 Å². The minimum absolute atomic E-state index is 0.206. The van der Waals surface area contributed by atoms with E-state index in [9.17, 15) is 5.11 Å². The van der Waals surface area contributed by atoms with E-state index in [-0.39, 0.29) is 6.54 Å². The molecule has 0 spiro atoms. The highest BCUT2D eigenvalue weighted by Gasteiger charge is 2.26. The molecule has 26 heavy (non-hydrogen) atoms. The Kier molecular flexibility index (Phi) is 6.47. The van der Waals surface area contributed by atoms with Crippen LogP contribution in [0.2, 0.25) is 0 Å². The van der Waals surface area contributed by atoms with Gasteiger partial charge < -0.3 is 19.7 Å². The third kappa shape index (κ3) is 4.88. The molecule has 0 saturated heterocycles. The second-order valence-corrected chi connectivity index (χ2v) is 7.15. The van der Waals surface area contributed by atoms with Crippen LogP contribution in [0.3, 0.4) is 0 Å². The molecule has 0 aromatic carbocycles. The SMILES string of the molecule is CCNC(=NCC(C)(O)c1ccco1)N(C)Cc1cn(C)nc1C(C)C. The number of furan rings is 1. The van der Waals surface area contributed by atoms with Crippen molar-refractivity contribution in [1.82, 2.24) is 20.0 Å². The Labute approximate surface area is 155 Å². The number of aryl methyl sites for hydroxylation is 1. The topological polar surface area (TPSA) is 78.8 Å². The van der Waals surface area contributed by atoms with E-state index in [0.717, 1.165) is 18.2 Å². The minimum atomic E-state index is -1.15. The lowest BCUT2D eigenvalue weighted by Gasteiger charge is -2.24. The van der Waals surface area contributed by atoms with Gasteiger partial charge in [0.2, 0.25) is 0 Å². The number of aliphatic hydroxyl groups is 1. The number of guanidine groups is 1. The Morgan fingerprint density at radius 1 is 1.50 bits per heavy atom. The molecule has 1 atom stereocenters. The van der Waals surface area contributed by atoms with Gasteiger partial charge in [-0.3, -0.25) is 4.68 Å². The summed E-state index contributed by atoms with van der Waals surface area (Å²) in [6.45, 7) is 9.66. The van der Waals surface area contributed by atoms with Gasteiger partial charge >= 0.3 is 0 Å². The maximum atomic E-state index is 10.6. The van der Waals surface area contributed by atoms with Gasteiger partial charge in [0.15, 0.2) is 5.96 Å². The van der Waals surface area contributed by atoms with Crippen LogP contribution in [0.25, 0.3) is 0 Å². The normalized spacial score (nSPS) is 14.5. The van der Waals surface area contributed by atoms with E-state index in [0.29, 0.717) is 18.2 Å². The summed E-state index contributed by atoms with van der Waals surface area (Å²) < 4.78 is 7.18. The van der Waals surface area contributed by atoms with Crippen molar-refractivity contribution in [3.8, 4) is 0 Å². The molecule has 7 nitrogen and oxygen atoms in total. The van der Waals surface area contributed by atoms with Crippen molar-refractivity contribution in [3.05, 3.63) is 41.6 Å². The summed E-state index contributed by atoms with van der Waals surface area (Å²) in [6.07, 6.45) is 3.61. The zero-order chi connectivity index (χ0) is 19.3. The molecular formula is C19H31N5O2. The van der Waals surface area contributed by atoms with E-state index in [1.54, 1.807) is 25.3 Å². The van der Waals surface area contributed by atoms with Crippen molar-refractivity contribution in [2.75, 3.05) is 20.1 Å². The highest BCUT2D eigenvalue weighted by molar-refractivity contribution is 5.79. The Bertz CT molecular complexity index is 716. The first kappa shape index (κ1) is 20.0. The molecule has 2 aromatic heterocycles. The number of hydrogen-bond acceptors (Lipinski definition) is 4. The van der Waals surface area contributed by atoms with Crippen molar-refractivity contribution in [2.24, 2.45) is 12.0 Å². The lowest BCUT2D eigenvalue weighted by atomic mass is 10.0. The zero-order valence-corrected chi connectivity index (χ0v) is 16.7. The van der Waals surface area contributed by atoms with Gasteiger partial charge in [-0.1, -0.05) is 13.8 Å². The summed E-state index contributed by atoms with van der Waals surface area (Å²) >= 11 is 0. The van der Waals surface area contributed by atoms with E-state index in [2.05, 4.69) is 35.5 Å². The van der Waals surface area contributed by atoms with Gasteiger partial charge in [-0.15, -0.1) is 0 Å². The lowest BCUT2D eigenvalue weighted by Crippen LogP contribution is -2.40. The summed E-state index contributed by atoms with van der Waals surface area (Å²) in [4.78, 5) is 6.66. The second kappa shape index (κ2) is 8.40. The van der Waals surface area contributed by atoms with Crippen molar-refractivity contribution in [1.29, 1.82) is 0 Å². The Morgan fingerprint density at radius 2 is 2.23 bits per heavy atom. The van der Waals surface area contributed by atoms with Crippen molar-refractivity contribution in [3.63, 3.8) is 0 Å². The molecule has 0 aliphatic carbocycles. The van der Waals surface area contributed by atoms with Crippen LogP contribution < -0.4 is 5.32 Å². The van der Waals surface area contributed by atoms with Gasteiger partial charge in [0.05, 0.1) is 18.5 Å². The first-order valence-electron chi connectivity index (χ1n) is 9.02. The fraction of sp³-hybridized carbons (Fsp3) is 0.579. The zero-order valence-electron chi connectivity index (χ0n) is 16.7. The second-order valence-electron chi connectivity index (χ2n) is 7.15. The van der Waals surface area contributed by atoms with Crippen molar-refractivity contribution >= 4 is 5.96 Å². The fourth-order valence-electron chi connectivity index (χ4n) is 2.85. The van der Waals surface area contributed by atoms with Gasteiger partial charge in [-0.2, -0.15) is 5.10 Å². The maximum Gasteiger partial charge on any atom is 0.194 e. The summed E-state index contributed by atoms with van der Waals surface area (Å²) in [6, 6.07) is 3.53.